The number of anilines is 1. The Labute approximate surface area is 165 Å². The Balaban J connectivity index is 1.42. The Hall–Kier alpha value is -2.73. The molecule has 0 unspecified atom stereocenters. The molecule has 1 amide bonds. The van der Waals surface area contributed by atoms with E-state index < -0.39 is 0 Å². The fourth-order valence-corrected chi connectivity index (χ4v) is 3.92. The Bertz CT molecular complexity index is 846. The van der Waals surface area contributed by atoms with Gasteiger partial charge in [0.05, 0.1) is 0 Å². The lowest BCUT2D eigenvalue weighted by Crippen LogP contribution is -2.44. The molecule has 0 saturated carbocycles. The lowest BCUT2D eigenvalue weighted by atomic mass is 9.74. The molecule has 4 rings (SSSR count). The first-order valence-electron chi connectivity index (χ1n) is 9.74. The largest absolute Gasteiger partial charge is 0.454 e. The van der Waals surface area contributed by atoms with E-state index in [9.17, 15) is 4.79 Å². The summed E-state index contributed by atoms with van der Waals surface area (Å²) in [5.41, 5.74) is 8.72. The summed E-state index contributed by atoms with van der Waals surface area (Å²) < 4.78 is 16.6. The van der Waals surface area contributed by atoms with E-state index in [0.29, 0.717) is 32.6 Å². The number of hydrogen-bond donors (Lipinski definition) is 2. The fourth-order valence-electron chi connectivity index (χ4n) is 3.92. The summed E-state index contributed by atoms with van der Waals surface area (Å²) in [5, 5.41) is 3.14. The monoisotopic (exact) mass is 382 g/mol. The van der Waals surface area contributed by atoms with Gasteiger partial charge in [0.2, 0.25) is 12.7 Å². The van der Waals surface area contributed by atoms with Crippen molar-refractivity contribution in [1.82, 2.24) is 5.32 Å². The number of nitrogens with one attached hydrogen (secondary N) is 1. The van der Waals surface area contributed by atoms with E-state index in [1.807, 2.05) is 36.4 Å². The molecule has 0 aliphatic carbocycles. The second-order valence-electron chi connectivity index (χ2n) is 7.44. The number of aryl methyl sites for hydroxylation is 1. The van der Waals surface area contributed by atoms with Crippen LogP contribution >= 0.6 is 0 Å². The smallest absolute Gasteiger partial charge is 0.231 e. The zero-order chi connectivity index (χ0) is 19.4. The molecule has 3 N–H and O–H groups in total. The minimum absolute atomic E-state index is 0.0369. The van der Waals surface area contributed by atoms with E-state index in [-0.39, 0.29) is 18.1 Å². The predicted octanol–water partition coefficient (Wildman–Crippen LogP) is 2.79. The van der Waals surface area contributed by atoms with Crippen molar-refractivity contribution in [3.8, 4) is 11.5 Å². The number of carbonyl (C=O) groups is 1. The fraction of sp³-hybridized carbons (Fsp3) is 0.409. The maximum atomic E-state index is 12.5. The first-order chi connectivity index (χ1) is 13.7. The standard InChI is InChI=1S/C22H26N2O4/c23-18-4-2-1-3-16(18)5-8-21(25)24-14-22(9-11-26-12-10-22)17-6-7-19-20(13-17)28-15-27-19/h1-4,6-7,13H,5,8-12,14-15,23H2,(H,24,25). The van der Waals surface area contributed by atoms with Crippen LogP contribution in [-0.4, -0.2) is 32.5 Å². The van der Waals surface area contributed by atoms with Gasteiger partial charge in [-0.25, -0.2) is 0 Å². The van der Waals surface area contributed by atoms with E-state index in [1.54, 1.807) is 0 Å². The molecule has 1 fully saturated rings. The van der Waals surface area contributed by atoms with Gasteiger partial charge in [0, 0.05) is 37.3 Å². The molecule has 2 aliphatic rings. The van der Waals surface area contributed by atoms with E-state index in [4.69, 9.17) is 19.9 Å². The van der Waals surface area contributed by atoms with Crippen molar-refractivity contribution in [1.29, 1.82) is 0 Å². The van der Waals surface area contributed by atoms with E-state index >= 15 is 0 Å². The summed E-state index contributed by atoms with van der Waals surface area (Å²) in [6, 6.07) is 13.8. The second kappa shape index (κ2) is 8.10. The highest BCUT2D eigenvalue weighted by Crippen LogP contribution is 2.40. The van der Waals surface area contributed by atoms with Gasteiger partial charge in [0.15, 0.2) is 11.5 Å². The molecular formula is C22H26N2O4. The van der Waals surface area contributed by atoms with Crippen LogP contribution in [-0.2, 0) is 21.4 Å². The van der Waals surface area contributed by atoms with E-state index in [0.717, 1.165) is 41.2 Å². The molecule has 28 heavy (non-hydrogen) atoms. The molecule has 0 radical (unpaired) electrons. The molecule has 2 aromatic rings. The van der Waals surface area contributed by atoms with E-state index in [1.165, 1.54) is 0 Å². The number of amides is 1. The summed E-state index contributed by atoms with van der Waals surface area (Å²) in [5.74, 6) is 1.58. The third kappa shape index (κ3) is 3.92. The lowest BCUT2D eigenvalue weighted by Gasteiger charge is -2.38. The number of fused-ring (bicyclic) bond motifs is 1. The summed E-state index contributed by atoms with van der Waals surface area (Å²) in [4.78, 5) is 12.5. The number of ether oxygens (including phenoxy) is 3. The van der Waals surface area contributed by atoms with Gasteiger partial charge in [0.1, 0.15) is 0 Å². The predicted molar refractivity (Wildman–Crippen MR) is 106 cm³/mol. The van der Waals surface area contributed by atoms with Gasteiger partial charge >= 0.3 is 0 Å². The molecule has 2 aliphatic heterocycles. The highest BCUT2D eigenvalue weighted by molar-refractivity contribution is 5.76. The van der Waals surface area contributed by atoms with Crippen molar-refractivity contribution in [2.75, 3.05) is 32.3 Å². The number of hydrogen-bond acceptors (Lipinski definition) is 5. The minimum atomic E-state index is -0.152. The molecule has 0 spiro atoms. The molecule has 0 aromatic heterocycles. The van der Waals surface area contributed by atoms with Crippen LogP contribution in [0.5, 0.6) is 11.5 Å². The molecule has 6 nitrogen and oxygen atoms in total. The molecule has 0 bridgehead atoms. The van der Waals surface area contributed by atoms with Gasteiger partial charge in [-0.15, -0.1) is 0 Å². The third-order valence-corrected chi connectivity index (χ3v) is 5.74. The number of carbonyl (C=O) groups excluding carboxylic acids is 1. The number of para-hydroxylation sites is 1. The summed E-state index contributed by atoms with van der Waals surface area (Å²) >= 11 is 0. The topological polar surface area (TPSA) is 82.8 Å². The summed E-state index contributed by atoms with van der Waals surface area (Å²) in [6.45, 7) is 2.21. The summed E-state index contributed by atoms with van der Waals surface area (Å²) in [6.07, 6.45) is 2.78. The SMILES string of the molecule is Nc1ccccc1CCC(=O)NCC1(c2ccc3c(c2)OCO3)CCOCC1. The number of benzene rings is 2. The van der Waals surface area contributed by atoms with Crippen molar-refractivity contribution in [2.45, 2.75) is 31.1 Å². The van der Waals surface area contributed by atoms with Gasteiger partial charge < -0.3 is 25.3 Å². The molecule has 2 heterocycles. The molecule has 6 heteroatoms. The molecule has 2 aromatic carbocycles. The minimum Gasteiger partial charge on any atom is -0.454 e. The third-order valence-electron chi connectivity index (χ3n) is 5.74. The Morgan fingerprint density at radius 1 is 1.07 bits per heavy atom. The van der Waals surface area contributed by atoms with Gasteiger partial charge in [-0.05, 0) is 48.6 Å². The maximum absolute atomic E-state index is 12.5. The zero-order valence-corrected chi connectivity index (χ0v) is 15.9. The highest BCUT2D eigenvalue weighted by atomic mass is 16.7. The van der Waals surface area contributed by atoms with Gasteiger partial charge in [-0.2, -0.15) is 0 Å². The normalized spacial score (nSPS) is 17.3. The van der Waals surface area contributed by atoms with Crippen LogP contribution in [0.2, 0.25) is 0 Å². The zero-order valence-electron chi connectivity index (χ0n) is 15.9. The highest BCUT2D eigenvalue weighted by Gasteiger charge is 2.36. The van der Waals surface area contributed by atoms with Crippen molar-refractivity contribution < 1.29 is 19.0 Å². The van der Waals surface area contributed by atoms with Gasteiger partial charge in [-0.1, -0.05) is 24.3 Å². The number of nitrogens with two attached hydrogens (primary N) is 1. The van der Waals surface area contributed by atoms with Crippen molar-refractivity contribution in [3.63, 3.8) is 0 Å². The molecule has 1 saturated heterocycles. The van der Waals surface area contributed by atoms with Crippen molar-refractivity contribution in [2.24, 2.45) is 0 Å². The van der Waals surface area contributed by atoms with Crippen LogP contribution in [0.4, 0.5) is 5.69 Å². The van der Waals surface area contributed by atoms with Crippen molar-refractivity contribution in [3.05, 3.63) is 53.6 Å². The molecule has 0 atom stereocenters. The molecular weight excluding hydrogens is 356 g/mol. The van der Waals surface area contributed by atoms with Gasteiger partial charge in [-0.3, -0.25) is 4.79 Å². The van der Waals surface area contributed by atoms with Crippen LogP contribution in [0, 0.1) is 0 Å². The van der Waals surface area contributed by atoms with Crippen LogP contribution in [0.1, 0.15) is 30.4 Å². The first-order valence-corrected chi connectivity index (χ1v) is 9.74. The average molecular weight is 382 g/mol. The maximum Gasteiger partial charge on any atom is 0.231 e. The quantitative estimate of drug-likeness (QED) is 0.751. The van der Waals surface area contributed by atoms with Crippen LogP contribution < -0.4 is 20.5 Å². The van der Waals surface area contributed by atoms with Crippen molar-refractivity contribution >= 4 is 11.6 Å². The second-order valence-corrected chi connectivity index (χ2v) is 7.44. The first kappa shape index (κ1) is 18.6. The van der Waals surface area contributed by atoms with E-state index in [2.05, 4.69) is 11.4 Å². The van der Waals surface area contributed by atoms with Crippen LogP contribution in [0.3, 0.4) is 0 Å². The lowest BCUT2D eigenvalue weighted by molar-refractivity contribution is -0.121. The Morgan fingerprint density at radius 3 is 2.68 bits per heavy atom. The number of rotatable bonds is 6. The van der Waals surface area contributed by atoms with Crippen LogP contribution in [0.15, 0.2) is 42.5 Å². The molecule has 148 valence electrons. The van der Waals surface area contributed by atoms with Gasteiger partial charge in [0.25, 0.3) is 0 Å². The van der Waals surface area contributed by atoms with Crippen LogP contribution in [0.25, 0.3) is 0 Å². The average Bonchev–Trinajstić information content (AvgIpc) is 3.20. The Kier molecular flexibility index (Phi) is 5.39. The number of nitrogen functional groups attached to an aromatic ring is 1. The summed E-state index contributed by atoms with van der Waals surface area (Å²) in [7, 11) is 0. The Morgan fingerprint density at radius 2 is 1.86 bits per heavy atom.